The van der Waals surface area contributed by atoms with Crippen LogP contribution in [0.1, 0.15) is 66.2 Å². The highest BCUT2D eigenvalue weighted by molar-refractivity contribution is 8.22. The number of dihydropyridines is 1. The van der Waals surface area contributed by atoms with Crippen LogP contribution in [0.25, 0.3) is 22.2 Å². The number of benzene rings is 2. The summed E-state index contributed by atoms with van der Waals surface area (Å²) in [5.74, 6) is -0.772. The smallest absolute Gasteiger partial charge is 0.262 e. The number of hydrogen-bond donors (Lipinski definition) is 4. The highest BCUT2D eigenvalue weighted by atomic mass is 35.5. The molecule has 5 aliphatic rings. The average Bonchev–Trinajstić information content (AvgIpc) is 3.84. The minimum Gasteiger partial charge on any atom is -0.486 e. The van der Waals surface area contributed by atoms with Gasteiger partial charge >= 0.3 is 0 Å². The maximum atomic E-state index is 13.2. The van der Waals surface area contributed by atoms with Crippen molar-refractivity contribution in [2.45, 2.75) is 68.2 Å². The molecule has 3 fully saturated rings. The Morgan fingerprint density at radius 3 is 2.50 bits per heavy atom. The molecule has 21 heteroatoms. The fourth-order valence-corrected chi connectivity index (χ4v) is 12.1. The van der Waals surface area contributed by atoms with Crippen molar-refractivity contribution in [1.29, 1.82) is 0 Å². The van der Waals surface area contributed by atoms with Gasteiger partial charge in [-0.1, -0.05) is 11.6 Å². The van der Waals surface area contributed by atoms with Crippen LogP contribution >= 0.6 is 34.0 Å². The number of hydrogen-bond acceptors (Lipinski definition) is 13. The number of allylic oxidation sites excluding steroid dienone is 1. The highest BCUT2D eigenvalue weighted by Gasteiger charge is 2.45. The summed E-state index contributed by atoms with van der Waals surface area (Å²) in [6.07, 6.45) is 5.12. The van der Waals surface area contributed by atoms with Crippen LogP contribution in [-0.2, 0) is 14.4 Å². The van der Waals surface area contributed by atoms with Gasteiger partial charge in [0.05, 0.1) is 33.6 Å². The number of halogens is 2. The van der Waals surface area contributed by atoms with Crippen molar-refractivity contribution in [2.75, 3.05) is 62.6 Å². The summed E-state index contributed by atoms with van der Waals surface area (Å²) in [4.78, 5) is 77.2. The number of pyridine rings is 1. The predicted molar refractivity (Wildman–Crippen MR) is 253 cm³/mol. The van der Waals surface area contributed by atoms with Gasteiger partial charge in [-0.25, -0.2) is 4.98 Å². The predicted octanol–water partition coefficient (Wildman–Crippen LogP) is 4.82. The van der Waals surface area contributed by atoms with Crippen molar-refractivity contribution in [1.82, 2.24) is 34.6 Å². The number of aliphatic imine (C=N–C) groups is 1. The molecule has 0 radical (unpaired) electrons. The largest absolute Gasteiger partial charge is 0.486 e. The molecule has 6 N–H and O–H groups in total. The van der Waals surface area contributed by atoms with E-state index in [9.17, 15) is 28.5 Å². The molecule has 0 saturated carbocycles. The second kappa shape index (κ2) is 19.0. The van der Waals surface area contributed by atoms with Gasteiger partial charge in [-0.3, -0.25) is 48.8 Å². The number of alkyl halides is 1. The molecule has 18 nitrogen and oxygen atoms in total. The van der Waals surface area contributed by atoms with Gasteiger partial charge in [-0.15, -0.1) is 11.6 Å². The van der Waals surface area contributed by atoms with E-state index in [1.165, 1.54) is 0 Å². The first-order chi connectivity index (χ1) is 31.8. The standard InChI is InChI=1S/C45H50Cl2N10O8S/c1-26(41-34(46)24-48-25-35(41)47)65-29-6-8-36-33(22-29)42(53-52-36)27-4-10-38(50-23-27)54-17-19-56(20-18-54)66(63,64)30-12-15-55(16-13-30)40(59)3-2-14-49-28-5-7-31-32(21-28)45(62)57(44(31)61)37-9-11-39(58)51-43(37)60/h4-8,10,21-24,26,30,35,37,49,63-64H,2-3,9,11-20,25H2,1H3,(H,52,53)(H,51,58,60)/p+1/t26-,35?,37?/m1/s1. The van der Waals surface area contributed by atoms with Crippen molar-refractivity contribution in [2.24, 2.45) is 4.99 Å². The molecular formula is C45H51Cl2N10O8S+. The number of piperazine rings is 1. The van der Waals surface area contributed by atoms with Crippen LogP contribution in [0.15, 0.2) is 70.3 Å². The van der Waals surface area contributed by atoms with Crippen LogP contribution in [0.4, 0.5) is 11.5 Å². The molecular weight excluding hydrogens is 912 g/mol. The quantitative estimate of drug-likeness (QED) is 0.0613. The summed E-state index contributed by atoms with van der Waals surface area (Å²) in [6, 6.07) is 13.5. The van der Waals surface area contributed by atoms with Gasteiger partial charge < -0.3 is 24.4 Å². The third-order valence-corrected chi connectivity index (χ3v) is 16.2. The Morgan fingerprint density at radius 2 is 1.77 bits per heavy atom. The van der Waals surface area contributed by atoms with Gasteiger partial charge in [0.25, 0.3) is 11.8 Å². The molecule has 5 amide bonds. The Kier molecular flexibility index (Phi) is 13.1. The number of fused-ring (bicyclic) bond motifs is 2. The van der Waals surface area contributed by atoms with E-state index in [0.717, 1.165) is 38.5 Å². The van der Waals surface area contributed by atoms with E-state index < -0.39 is 40.4 Å². The molecule has 9 rings (SSSR count). The number of imide groups is 2. The van der Waals surface area contributed by atoms with Crippen molar-refractivity contribution in [3.05, 3.63) is 76.5 Å². The number of amides is 5. The first kappa shape index (κ1) is 45.6. The number of aromatic amines is 1. The molecule has 5 aliphatic heterocycles. The lowest BCUT2D eigenvalue weighted by molar-refractivity contribution is -0.136. The molecule has 66 heavy (non-hydrogen) atoms. The molecule has 348 valence electrons. The van der Waals surface area contributed by atoms with Crippen LogP contribution in [0, 0.1) is 0 Å². The van der Waals surface area contributed by atoms with Crippen molar-refractivity contribution >= 4 is 92.1 Å². The molecule has 4 aromatic rings. The fraction of sp³-hybridized carbons (Fsp3) is 0.422. The summed E-state index contributed by atoms with van der Waals surface area (Å²) < 4.78 is 28.9. The van der Waals surface area contributed by atoms with Crippen LogP contribution in [0.3, 0.4) is 0 Å². The zero-order valence-electron chi connectivity index (χ0n) is 36.2. The van der Waals surface area contributed by atoms with Gasteiger partial charge in [0.1, 0.15) is 34.7 Å². The van der Waals surface area contributed by atoms with Crippen LogP contribution in [0.2, 0.25) is 0 Å². The first-order valence-corrected chi connectivity index (χ1v) is 24.5. The minimum atomic E-state index is -2.83. The summed E-state index contributed by atoms with van der Waals surface area (Å²) in [6.45, 7) is 6.00. The van der Waals surface area contributed by atoms with E-state index >= 15 is 0 Å². The lowest BCUT2D eigenvalue weighted by Gasteiger charge is -2.49. The number of carbonyl (C=O) groups is 5. The summed E-state index contributed by atoms with van der Waals surface area (Å²) in [7, 11) is -2.83. The van der Waals surface area contributed by atoms with Crippen LogP contribution < -0.4 is 20.3 Å². The van der Waals surface area contributed by atoms with Crippen LogP contribution in [0.5, 0.6) is 5.75 Å². The lowest BCUT2D eigenvalue weighted by Crippen LogP contribution is -2.54. The zero-order chi connectivity index (χ0) is 46.3. The van der Waals surface area contributed by atoms with E-state index in [4.69, 9.17) is 37.5 Å². The van der Waals surface area contributed by atoms with Crippen LogP contribution in [-0.4, -0.2) is 149 Å². The third kappa shape index (κ3) is 9.11. The molecule has 7 heterocycles. The monoisotopic (exact) mass is 961 g/mol. The molecule has 4 atom stereocenters. The third-order valence-electron chi connectivity index (χ3n) is 12.9. The average molecular weight is 963 g/mol. The number of anilines is 2. The van der Waals surface area contributed by atoms with E-state index in [2.05, 4.69) is 30.7 Å². The highest BCUT2D eigenvalue weighted by Crippen LogP contribution is 2.52. The fourth-order valence-electron chi connectivity index (χ4n) is 9.32. The van der Waals surface area contributed by atoms with Gasteiger partial charge in [0, 0.05) is 93.3 Å². The molecule has 0 bridgehead atoms. The Hall–Kier alpha value is -5.57. The van der Waals surface area contributed by atoms with E-state index in [0.29, 0.717) is 94.5 Å². The molecule has 0 aliphatic carbocycles. The second-order valence-electron chi connectivity index (χ2n) is 17.0. The first-order valence-electron chi connectivity index (χ1n) is 22.1. The normalized spacial score (nSPS) is 22.7. The van der Waals surface area contributed by atoms with Gasteiger partial charge in [-0.2, -0.15) is 9.40 Å². The molecule has 3 unspecified atom stereocenters. The number of H-pyrrole nitrogens is 1. The SMILES string of the molecule is C[C@@H](Oc1ccc2[nH]nc(-c3ccc(N4CCN(S(O)([OH2+])C5CCN(C(=O)CCCNc6ccc7c(c6)C(=O)N(C6CCC(=O)NC6=O)C7=O)CC5)CC4)nc3)c2c1)C1=C(Cl)C=NCC1Cl. The Labute approximate surface area is 392 Å². The maximum absolute atomic E-state index is 13.2. The lowest BCUT2D eigenvalue weighted by atomic mass is 10.0. The second-order valence-corrected chi connectivity index (χ2v) is 20.3. The topological polar surface area (TPSA) is 229 Å². The molecule has 2 aromatic carbocycles. The van der Waals surface area contributed by atoms with E-state index in [1.54, 1.807) is 35.5 Å². The zero-order valence-corrected chi connectivity index (χ0v) is 38.5. The number of piperidine rings is 2. The molecule has 3 saturated heterocycles. The number of carbonyl (C=O) groups excluding carboxylic acids is 5. The van der Waals surface area contributed by atoms with Crippen molar-refractivity contribution < 1.29 is 37.8 Å². The maximum Gasteiger partial charge on any atom is 0.262 e. The van der Waals surface area contributed by atoms with Crippen molar-refractivity contribution in [3.8, 4) is 17.0 Å². The minimum absolute atomic E-state index is 0.00428. The number of ether oxygens (including phenoxy) is 1. The summed E-state index contributed by atoms with van der Waals surface area (Å²) in [5, 5.41) is 13.9. The Morgan fingerprint density at radius 1 is 1.00 bits per heavy atom. The number of rotatable bonds is 13. The van der Waals surface area contributed by atoms with Crippen molar-refractivity contribution in [3.63, 3.8) is 0 Å². The number of aromatic nitrogens is 3. The Balaban J connectivity index is 0.717. The number of nitrogens with zero attached hydrogens (tertiary/aromatic N) is 7. The van der Waals surface area contributed by atoms with Gasteiger partial charge in [-0.05, 0) is 91.9 Å². The summed E-state index contributed by atoms with van der Waals surface area (Å²) >= 11 is 12.9. The van der Waals surface area contributed by atoms with Gasteiger partial charge in [0.2, 0.25) is 17.7 Å². The molecule has 0 spiro atoms. The van der Waals surface area contributed by atoms with Gasteiger partial charge in [0.15, 0.2) is 0 Å². The number of likely N-dealkylation sites (tertiary alicyclic amines) is 1. The number of nitrogens with one attached hydrogen (secondary N) is 3. The van der Waals surface area contributed by atoms with E-state index in [1.807, 2.05) is 41.6 Å². The summed E-state index contributed by atoms with van der Waals surface area (Å²) in [5.41, 5.74) is 4.23. The molecule has 2 aromatic heterocycles. The Bertz CT molecular complexity index is 2630. The van der Waals surface area contributed by atoms with E-state index in [-0.39, 0.29) is 46.6 Å².